The van der Waals surface area contributed by atoms with Gasteiger partial charge in [-0.25, -0.2) is 4.98 Å². The van der Waals surface area contributed by atoms with Crippen LogP contribution in [0.5, 0.6) is 0 Å². The second-order valence-electron chi connectivity index (χ2n) is 6.62. The first-order chi connectivity index (χ1) is 14.6. The average Bonchev–Trinajstić information content (AvgIpc) is 2.74. The fourth-order valence-corrected chi connectivity index (χ4v) is 4.20. The van der Waals surface area contributed by atoms with Crippen molar-refractivity contribution in [3.05, 3.63) is 88.7 Å². The molecule has 1 N–H and O–H groups in total. The molecule has 4 rings (SSSR count). The lowest BCUT2D eigenvalue weighted by molar-refractivity contribution is -0.113. The number of carbonyl (C=O) groups excluding carboxylic acids is 1. The van der Waals surface area contributed by atoms with Gasteiger partial charge in [-0.2, -0.15) is 0 Å². The van der Waals surface area contributed by atoms with Gasteiger partial charge < -0.3 is 5.32 Å². The Hall–Kier alpha value is -3.09. The van der Waals surface area contributed by atoms with Crippen LogP contribution in [0.1, 0.15) is 0 Å². The summed E-state index contributed by atoms with van der Waals surface area (Å²) in [7, 11) is 0. The standard InChI is InChI=1S/C23H18ClN3O2S/c1-2-12-27-22(29)18-11-10-16(24)13-20(18)26-23(27)30-14-21(28)25-19-9-5-7-15-6-3-4-8-17(15)19/h2-11,13H,1,12,14H2,(H,25,28). The fourth-order valence-electron chi connectivity index (χ4n) is 3.22. The molecule has 0 radical (unpaired) electrons. The van der Waals surface area contributed by atoms with Gasteiger partial charge in [0.25, 0.3) is 5.56 Å². The van der Waals surface area contributed by atoms with E-state index in [1.165, 1.54) is 16.3 Å². The van der Waals surface area contributed by atoms with Crippen molar-refractivity contribution in [2.45, 2.75) is 11.7 Å². The molecule has 1 amide bonds. The summed E-state index contributed by atoms with van der Waals surface area (Å²) in [5.41, 5.74) is 1.07. The van der Waals surface area contributed by atoms with Crippen LogP contribution in [0, 0.1) is 0 Å². The summed E-state index contributed by atoms with van der Waals surface area (Å²) in [4.78, 5) is 30.0. The van der Waals surface area contributed by atoms with Crippen molar-refractivity contribution in [1.82, 2.24) is 9.55 Å². The molecule has 0 aliphatic carbocycles. The summed E-state index contributed by atoms with van der Waals surface area (Å²) < 4.78 is 1.51. The molecule has 150 valence electrons. The van der Waals surface area contributed by atoms with Crippen molar-refractivity contribution >= 4 is 56.6 Å². The summed E-state index contributed by atoms with van der Waals surface area (Å²) >= 11 is 7.26. The number of nitrogens with one attached hydrogen (secondary N) is 1. The molecule has 0 fully saturated rings. The van der Waals surface area contributed by atoms with E-state index in [4.69, 9.17) is 11.6 Å². The molecule has 3 aromatic carbocycles. The first-order valence-electron chi connectivity index (χ1n) is 9.28. The number of rotatable bonds is 6. The van der Waals surface area contributed by atoms with Gasteiger partial charge in [0.05, 0.1) is 16.7 Å². The quantitative estimate of drug-likeness (QED) is 0.259. The molecule has 0 bridgehead atoms. The molecule has 5 nitrogen and oxygen atoms in total. The third kappa shape index (κ3) is 4.10. The minimum Gasteiger partial charge on any atom is -0.325 e. The first-order valence-corrected chi connectivity index (χ1v) is 10.6. The minimum atomic E-state index is -0.187. The molecule has 7 heteroatoms. The molecule has 0 spiro atoms. The number of halogens is 1. The molecule has 4 aromatic rings. The third-order valence-corrected chi connectivity index (χ3v) is 5.80. The maximum absolute atomic E-state index is 12.9. The molecule has 0 atom stereocenters. The monoisotopic (exact) mass is 435 g/mol. The highest BCUT2D eigenvalue weighted by molar-refractivity contribution is 7.99. The van der Waals surface area contributed by atoms with Crippen LogP contribution < -0.4 is 10.9 Å². The van der Waals surface area contributed by atoms with Crippen molar-refractivity contribution in [1.29, 1.82) is 0 Å². The van der Waals surface area contributed by atoms with Crippen LogP contribution in [-0.2, 0) is 11.3 Å². The molecule has 0 unspecified atom stereocenters. The average molecular weight is 436 g/mol. The van der Waals surface area contributed by atoms with Crippen molar-refractivity contribution in [3.63, 3.8) is 0 Å². The Morgan fingerprint density at radius 3 is 2.77 bits per heavy atom. The number of carbonyl (C=O) groups is 1. The zero-order valence-electron chi connectivity index (χ0n) is 16.0. The molecule has 0 aliphatic rings. The highest BCUT2D eigenvalue weighted by Gasteiger charge is 2.13. The Morgan fingerprint density at radius 1 is 1.13 bits per heavy atom. The van der Waals surface area contributed by atoms with E-state index in [0.717, 1.165) is 16.5 Å². The second-order valence-corrected chi connectivity index (χ2v) is 8.00. The van der Waals surface area contributed by atoms with E-state index in [1.54, 1.807) is 24.3 Å². The summed E-state index contributed by atoms with van der Waals surface area (Å²) in [6, 6.07) is 18.6. The number of allylic oxidation sites excluding steroid dienone is 1. The highest BCUT2D eigenvalue weighted by atomic mass is 35.5. The van der Waals surface area contributed by atoms with Gasteiger partial charge in [0, 0.05) is 22.6 Å². The van der Waals surface area contributed by atoms with Crippen LogP contribution in [0.2, 0.25) is 5.02 Å². The summed E-state index contributed by atoms with van der Waals surface area (Å²) in [5, 5.41) is 6.40. The number of amides is 1. The lowest BCUT2D eigenvalue weighted by Crippen LogP contribution is -2.23. The number of hydrogen-bond donors (Lipinski definition) is 1. The SMILES string of the molecule is C=CCn1c(SCC(=O)Nc2cccc3ccccc23)nc2cc(Cl)ccc2c1=O. The topological polar surface area (TPSA) is 64.0 Å². The van der Waals surface area contributed by atoms with Gasteiger partial charge in [-0.15, -0.1) is 6.58 Å². The van der Waals surface area contributed by atoms with Crippen LogP contribution in [0.3, 0.4) is 0 Å². The van der Waals surface area contributed by atoms with Gasteiger partial charge in [-0.3, -0.25) is 14.2 Å². The van der Waals surface area contributed by atoms with Crippen LogP contribution in [0.25, 0.3) is 21.7 Å². The van der Waals surface area contributed by atoms with E-state index >= 15 is 0 Å². The fraction of sp³-hybridized carbons (Fsp3) is 0.0870. The van der Waals surface area contributed by atoms with Crippen LogP contribution in [0.4, 0.5) is 5.69 Å². The number of fused-ring (bicyclic) bond motifs is 2. The van der Waals surface area contributed by atoms with Gasteiger partial charge in [-0.1, -0.05) is 65.8 Å². The predicted molar refractivity (Wildman–Crippen MR) is 125 cm³/mol. The minimum absolute atomic E-state index is 0.110. The Balaban J connectivity index is 1.59. The maximum Gasteiger partial charge on any atom is 0.262 e. The van der Waals surface area contributed by atoms with Crippen LogP contribution >= 0.6 is 23.4 Å². The van der Waals surface area contributed by atoms with E-state index in [-0.39, 0.29) is 17.2 Å². The van der Waals surface area contributed by atoms with Crippen molar-refractivity contribution in [3.8, 4) is 0 Å². The lowest BCUT2D eigenvalue weighted by atomic mass is 10.1. The third-order valence-electron chi connectivity index (χ3n) is 4.59. The normalized spacial score (nSPS) is 11.0. The van der Waals surface area contributed by atoms with E-state index in [9.17, 15) is 9.59 Å². The molecule has 0 aliphatic heterocycles. The number of anilines is 1. The summed E-state index contributed by atoms with van der Waals surface area (Å²) in [6.45, 7) is 4.02. The van der Waals surface area contributed by atoms with Gasteiger partial charge in [0.1, 0.15) is 0 Å². The Morgan fingerprint density at radius 2 is 1.93 bits per heavy atom. The Bertz CT molecular complexity index is 1330. The maximum atomic E-state index is 12.9. The summed E-state index contributed by atoms with van der Waals surface area (Å²) in [6.07, 6.45) is 1.63. The molecule has 30 heavy (non-hydrogen) atoms. The number of nitrogens with zero attached hydrogens (tertiary/aromatic N) is 2. The number of aromatic nitrogens is 2. The van der Waals surface area contributed by atoms with E-state index in [1.807, 2.05) is 42.5 Å². The molecular weight excluding hydrogens is 418 g/mol. The lowest BCUT2D eigenvalue weighted by Gasteiger charge is -2.12. The largest absolute Gasteiger partial charge is 0.325 e. The summed E-state index contributed by atoms with van der Waals surface area (Å²) in [5.74, 6) is -0.0688. The van der Waals surface area contributed by atoms with E-state index in [0.29, 0.717) is 27.6 Å². The van der Waals surface area contributed by atoms with Gasteiger partial charge in [0.2, 0.25) is 5.91 Å². The van der Waals surface area contributed by atoms with Crippen LogP contribution in [0.15, 0.2) is 83.3 Å². The van der Waals surface area contributed by atoms with Crippen molar-refractivity contribution < 1.29 is 4.79 Å². The second kappa shape index (κ2) is 8.73. The molecule has 1 heterocycles. The zero-order valence-corrected chi connectivity index (χ0v) is 17.5. The molecule has 1 aromatic heterocycles. The molecule has 0 saturated carbocycles. The van der Waals surface area contributed by atoms with E-state index < -0.39 is 0 Å². The van der Waals surface area contributed by atoms with Gasteiger partial charge in [0.15, 0.2) is 5.16 Å². The molecule has 0 saturated heterocycles. The number of benzene rings is 3. The van der Waals surface area contributed by atoms with Crippen LogP contribution in [-0.4, -0.2) is 21.2 Å². The van der Waals surface area contributed by atoms with Gasteiger partial charge >= 0.3 is 0 Å². The Kier molecular flexibility index (Phi) is 5.88. The number of thioether (sulfide) groups is 1. The zero-order chi connectivity index (χ0) is 21.1. The Labute approximate surface area is 182 Å². The van der Waals surface area contributed by atoms with Gasteiger partial charge in [-0.05, 0) is 29.7 Å². The first kappa shape index (κ1) is 20.2. The highest BCUT2D eigenvalue weighted by Crippen LogP contribution is 2.24. The smallest absolute Gasteiger partial charge is 0.262 e. The van der Waals surface area contributed by atoms with E-state index in [2.05, 4.69) is 16.9 Å². The predicted octanol–water partition coefficient (Wildman–Crippen LogP) is 5.12. The van der Waals surface area contributed by atoms with Crippen molar-refractivity contribution in [2.75, 3.05) is 11.1 Å². The number of hydrogen-bond acceptors (Lipinski definition) is 4. The van der Waals surface area contributed by atoms with Crippen molar-refractivity contribution in [2.24, 2.45) is 0 Å². The molecular formula is C23H18ClN3O2S.